The second-order valence-electron chi connectivity index (χ2n) is 3.49. The molecule has 5 nitrogen and oxygen atoms in total. The molecule has 5 heteroatoms. The Kier molecular flexibility index (Phi) is 3.00. The lowest BCUT2D eigenvalue weighted by atomic mass is 10.3. The van der Waals surface area contributed by atoms with Crippen molar-refractivity contribution in [2.75, 3.05) is 44.2 Å². The van der Waals surface area contributed by atoms with Crippen molar-refractivity contribution in [1.29, 1.82) is 0 Å². The lowest BCUT2D eigenvalue weighted by molar-refractivity contribution is 0.188. The average Bonchev–Trinajstić information content (AvgIpc) is 2.72. The van der Waals surface area contributed by atoms with Crippen molar-refractivity contribution in [3.63, 3.8) is 0 Å². The summed E-state index contributed by atoms with van der Waals surface area (Å²) in [7, 11) is 0. The smallest absolute Gasteiger partial charge is 0.125 e. The van der Waals surface area contributed by atoms with Crippen molar-refractivity contribution in [1.82, 2.24) is 14.9 Å². The highest BCUT2D eigenvalue weighted by Gasteiger charge is 2.16. The van der Waals surface area contributed by atoms with Crippen LogP contribution in [0.1, 0.15) is 0 Å². The fourth-order valence-corrected chi connectivity index (χ4v) is 1.78. The maximum Gasteiger partial charge on any atom is 0.125 e. The summed E-state index contributed by atoms with van der Waals surface area (Å²) in [6.07, 6.45) is 3.55. The number of aliphatic hydroxyl groups excluding tert-OH is 1. The molecule has 0 amide bonds. The van der Waals surface area contributed by atoms with Crippen LogP contribution in [-0.4, -0.2) is 59.3 Å². The molecule has 1 fully saturated rings. The number of hydrogen-bond donors (Lipinski definition) is 2. The van der Waals surface area contributed by atoms with Crippen LogP contribution in [0, 0.1) is 0 Å². The molecule has 2 rings (SSSR count). The van der Waals surface area contributed by atoms with Crippen LogP contribution >= 0.6 is 0 Å². The summed E-state index contributed by atoms with van der Waals surface area (Å²) in [5, 5.41) is 8.80. The molecule has 1 aliphatic heterocycles. The lowest BCUT2D eigenvalue weighted by Gasteiger charge is -2.34. The van der Waals surface area contributed by atoms with Crippen molar-refractivity contribution < 1.29 is 5.11 Å². The zero-order chi connectivity index (χ0) is 9.80. The summed E-state index contributed by atoms with van der Waals surface area (Å²) in [5.74, 6) is 1.09. The number of imidazole rings is 1. The van der Waals surface area contributed by atoms with E-state index in [1.807, 2.05) is 6.20 Å². The van der Waals surface area contributed by atoms with E-state index in [1.54, 1.807) is 6.33 Å². The highest BCUT2D eigenvalue weighted by atomic mass is 16.3. The van der Waals surface area contributed by atoms with Crippen molar-refractivity contribution in [3.8, 4) is 0 Å². The molecule has 2 heterocycles. The van der Waals surface area contributed by atoms with Gasteiger partial charge in [-0.3, -0.25) is 4.90 Å². The van der Waals surface area contributed by atoms with Gasteiger partial charge >= 0.3 is 0 Å². The fraction of sp³-hybridized carbons (Fsp3) is 0.667. The average molecular weight is 196 g/mol. The van der Waals surface area contributed by atoms with Gasteiger partial charge in [0, 0.05) is 32.7 Å². The molecule has 1 aliphatic rings. The van der Waals surface area contributed by atoms with E-state index in [0.717, 1.165) is 38.5 Å². The molecule has 0 saturated carbocycles. The van der Waals surface area contributed by atoms with Crippen LogP contribution in [-0.2, 0) is 0 Å². The summed E-state index contributed by atoms with van der Waals surface area (Å²) in [4.78, 5) is 11.7. The van der Waals surface area contributed by atoms with E-state index in [2.05, 4.69) is 19.8 Å². The van der Waals surface area contributed by atoms with E-state index in [9.17, 15) is 0 Å². The number of hydrogen-bond acceptors (Lipinski definition) is 4. The fourth-order valence-electron chi connectivity index (χ4n) is 1.78. The molecule has 1 saturated heterocycles. The summed E-state index contributed by atoms with van der Waals surface area (Å²) in [6.45, 7) is 5.07. The minimum Gasteiger partial charge on any atom is -0.395 e. The maximum absolute atomic E-state index is 8.80. The predicted octanol–water partition coefficient (Wildman–Crippen LogP) is -0.476. The minimum atomic E-state index is 0.254. The minimum absolute atomic E-state index is 0.254. The predicted molar refractivity (Wildman–Crippen MR) is 54.3 cm³/mol. The van der Waals surface area contributed by atoms with Crippen molar-refractivity contribution in [2.24, 2.45) is 0 Å². The van der Waals surface area contributed by atoms with E-state index in [0.29, 0.717) is 0 Å². The molecule has 0 spiro atoms. The monoisotopic (exact) mass is 196 g/mol. The lowest BCUT2D eigenvalue weighted by Crippen LogP contribution is -2.47. The second-order valence-corrected chi connectivity index (χ2v) is 3.49. The third-order valence-corrected chi connectivity index (χ3v) is 2.61. The number of nitrogens with zero attached hydrogens (tertiary/aromatic N) is 3. The molecule has 0 unspecified atom stereocenters. The van der Waals surface area contributed by atoms with Crippen LogP contribution in [0.2, 0.25) is 0 Å². The Balaban J connectivity index is 1.84. The molecule has 0 radical (unpaired) electrons. The van der Waals surface area contributed by atoms with Gasteiger partial charge in [0.25, 0.3) is 0 Å². The van der Waals surface area contributed by atoms with Gasteiger partial charge in [0.15, 0.2) is 0 Å². The number of aliphatic hydroxyl groups is 1. The Morgan fingerprint density at radius 1 is 1.36 bits per heavy atom. The SMILES string of the molecule is OCCN1CCN(c2cnc[nH]2)CC1. The molecule has 14 heavy (non-hydrogen) atoms. The van der Waals surface area contributed by atoms with Gasteiger partial charge in [0.1, 0.15) is 5.82 Å². The molecule has 2 N–H and O–H groups in total. The first-order valence-electron chi connectivity index (χ1n) is 4.96. The first-order valence-corrected chi connectivity index (χ1v) is 4.96. The van der Waals surface area contributed by atoms with Gasteiger partial charge in [0.2, 0.25) is 0 Å². The first-order chi connectivity index (χ1) is 6.90. The molecule has 1 aromatic rings. The highest BCUT2D eigenvalue weighted by Crippen LogP contribution is 2.11. The molecule has 0 aliphatic carbocycles. The first kappa shape index (κ1) is 9.48. The van der Waals surface area contributed by atoms with Crippen LogP contribution in [0.4, 0.5) is 5.82 Å². The molecule has 1 aromatic heterocycles. The Morgan fingerprint density at radius 2 is 2.14 bits per heavy atom. The van der Waals surface area contributed by atoms with Crippen LogP contribution < -0.4 is 4.90 Å². The number of β-amino-alcohol motifs (C(OH)–C–C–N with tert-alkyl or cyclic N) is 1. The van der Waals surface area contributed by atoms with Crippen molar-refractivity contribution >= 4 is 5.82 Å². The quantitative estimate of drug-likeness (QED) is 0.686. The Hall–Kier alpha value is -1.07. The van der Waals surface area contributed by atoms with Gasteiger partial charge in [-0.25, -0.2) is 4.98 Å². The number of rotatable bonds is 3. The third kappa shape index (κ3) is 2.05. The number of anilines is 1. The van der Waals surface area contributed by atoms with Gasteiger partial charge in [-0.1, -0.05) is 0 Å². The summed E-state index contributed by atoms with van der Waals surface area (Å²) >= 11 is 0. The van der Waals surface area contributed by atoms with E-state index in [-0.39, 0.29) is 6.61 Å². The standard InChI is InChI=1S/C9H16N4O/c14-6-5-12-1-3-13(4-2-12)9-7-10-8-11-9/h7-8,14H,1-6H2,(H,10,11). The van der Waals surface area contributed by atoms with E-state index >= 15 is 0 Å². The molecular formula is C9H16N4O. The summed E-state index contributed by atoms with van der Waals surface area (Å²) in [6, 6.07) is 0. The highest BCUT2D eigenvalue weighted by molar-refractivity contribution is 5.35. The van der Waals surface area contributed by atoms with Gasteiger partial charge in [0.05, 0.1) is 19.1 Å². The number of aromatic amines is 1. The zero-order valence-corrected chi connectivity index (χ0v) is 8.19. The number of piperazine rings is 1. The maximum atomic E-state index is 8.80. The Bertz CT molecular complexity index is 254. The molecule has 0 aromatic carbocycles. The van der Waals surface area contributed by atoms with Gasteiger partial charge < -0.3 is 15.0 Å². The summed E-state index contributed by atoms with van der Waals surface area (Å²) < 4.78 is 0. The third-order valence-electron chi connectivity index (χ3n) is 2.61. The summed E-state index contributed by atoms with van der Waals surface area (Å²) in [5.41, 5.74) is 0. The Morgan fingerprint density at radius 3 is 2.71 bits per heavy atom. The van der Waals surface area contributed by atoms with Crippen molar-refractivity contribution in [3.05, 3.63) is 12.5 Å². The van der Waals surface area contributed by atoms with Crippen LogP contribution in [0.3, 0.4) is 0 Å². The van der Waals surface area contributed by atoms with Crippen LogP contribution in [0.5, 0.6) is 0 Å². The largest absolute Gasteiger partial charge is 0.395 e. The van der Waals surface area contributed by atoms with Crippen LogP contribution in [0.25, 0.3) is 0 Å². The molecule has 0 atom stereocenters. The molecular weight excluding hydrogens is 180 g/mol. The topological polar surface area (TPSA) is 55.4 Å². The second kappa shape index (κ2) is 4.43. The molecule has 78 valence electrons. The van der Waals surface area contributed by atoms with Gasteiger partial charge in [-0.05, 0) is 0 Å². The molecule has 0 bridgehead atoms. The van der Waals surface area contributed by atoms with E-state index in [1.165, 1.54) is 0 Å². The zero-order valence-electron chi connectivity index (χ0n) is 8.19. The van der Waals surface area contributed by atoms with Crippen LogP contribution in [0.15, 0.2) is 12.5 Å². The number of H-pyrrole nitrogens is 1. The number of aromatic nitrogens is 2. The number of nitrogens with one attached hydrogen (secondary N) is 1. The van der Waals surface area contributed by atoms with E-state index < -0.39 is 0 Å². The van der Waals surface area contributed by atoms with Gasteiger partial charge in [-0.15, -0.1) is 0 Å². The van der Waals surface area contributed by atoms with E-state index in [4.69, 9.17) is 5.11 Å². The van der Waals surface area contributed by atoms with Gasteiger partial charge in [-0.2, -0.15) is 0 Å². The van der Waals surface area contributed by atoms with Crippen molar-refractivity contribution in [2.45, 2.75) is 0 Å². The normalized spacial score (nSPS) is 18.8. The Labute approximate surface area is 83.4 Å².